The first-order valence-corrected chi connectivity index (χ1v) is 13.1. The van der Waals surface area contributed by atoms with Gasteiger partial charge in [-0.05, 0) is 43.4 Å². The van der Waals surface area contributed by atoms with E-state index in [0.29, 0.717) is 29.6 Å². The average molecular weight is 531 g/mol. The molecule has 2 amide bonds. The lowest BCUT2D eigenvalue weighted by atomic mass is 9.87. The summed E-state index contributed by atoms with van der Waals surface area (Å²) in [5, 5.41) is 6.28. The van der Waals surface area contributed by atoms with E-state index in [1.807, 2.05) is 31.1 Å². The summed E-state index contributed by atoms with van der Waals surface area (Å²) in [6.07, 6.45) is 0.340. The number of carbonyl (C=O) groups is 2. The Bertz CT molecular complexity index is 1260. The van der Waals surface area contributed by atoms with E-state index < -0.39 is 6.43 Å². The maximum Gasteiger partial charge on any atom is 0.282 e. The van der Waals surface area contributed by atoms with Gasteiger partial charge in [0.1, 0.15) is 17.9 Å². The molecular formula is C26H32F2N6O2S. The molecule has 2 aromatic heterocycles. The van der Waals surface area contributed by atoms with Gasteiger partial charge in [-0.25, -0.2) is 13.8 Å². The van der Waals surface area contributed by atoms with Gasteiger partial charge >= 0.3 is 0 Å². The summed E-state index contributed by atoms with van der Waals surface area (Å²) >= 11 is 1.38. The number of benzene rings is 1. The van der Waals surface area contributed by atoms with Gasteiger partial charge in [0.05, 0.1) is 6.04 Å². The van der Waals surface area contributed by atoms with Crippen LogP contribution in [0, 0.1) is 6.92 Å². The van der Waals surface area contributed by atoms with Crippen LogP contribution in [-0.2, 0) is 17.8 Å². The number of aryl methyl sites for hydroxylation is 2. The summed E-state index contributed by atoms with van der Waals surface area (Å²) in [7, 11) is 5.36. The number of likely N-dealkylation sites (N-methyl/N-ethyl adjacent to an activating group) is 2. The van der Waals surface area contributed by atoms with Gasteiger partial charge < -0.3 is 14.7 Å². The first-order chi connectivity index (χ1) is 17.7. The Morgan fingerprint density at radius 2 is 1.95 bits per heavy atom. The van der Waals surface area contributed by atoms with Crippen LogP contribution >= 0.6 is 11.3 Å². The number of nitrogens with zero attached hydrogens (tertiary/aromatic N) is 6. The number of thiazole rings is 1. The quantitative estimate of drug-likeness (QED) is 0.412. The van der Waals surface area contributed by atoms with Crippen molar-refractivity contribution >= 4 is 28.3 Å². The number of carbonyl (C=O) groups excluding carboxylic acids is 2. The van der Waals surface area contributed by atoms with Crippen LogP contribution in [-0.4, -0.2) is 70.6 Å². The highest BCUT2D eigenvalue weighted by molar-refractivity contribution is 7.13. The fraction of sp³-hybridized carbons (Fsp3) is 0.462. The fourth-order valence-corrected chi connectivity index (χ4v) is 5.35. The fourth-order valence-electron chi connectivity index (χ4n) is 4.56. The van der Waals surface area contributed by atoms with Crippen LogP contribution in [0.4, 0.5) is 13.9 Å². The molecule has 1 aliphatic rings. The SMILES string of the molecule is Cc1cc(C(F)F)nn1CC(=O)N(C)CCN(C)c1nc(C(=O)N(C)[C@@H]2CCCc3ccccc32)cs1. The number of aromatic nitrogens is 3. The van der Waals surface area contributed by atoms with Crippen LogP contribution in [0.25, 0.3) is 0 Å². The van der Waals surface area contributed by atoms with E-state index in [-0.39, 0.29) is 30.1 Å². The average Bonchev–Trinajstić information content (AvgIpc) is 3.53. The number of anilines is 1. The van der Waals surface area contributed by atoms with Crippen molar-refractivity contribution in [2.24, 2.45) is 0 Å². The molecule has 0 unspecified atom stereocenters. The van der Waals surface area contributed by atoms with Gasteiger partial charge in [-0.15, -0.1) is 11.3 Å². The molecule has 2 heterocycles. The van der Waals surface area contributed by atoms with Gasteiger partial charge in [-0.3, -0.25) is 14.3 Å². The smallest absolute Gasteiger partial charge is 0.282 e. The molecule has 0 saturated carbocycles. The van der Waals surface area contributed by atoms with Crippen LogP contribution in [0.3, 0.4) is 0 Å². The molecule has 11 heteroatoms. The highest BCUT2D eigenvalue weighted by atomic mass is 32.1. The summed E-state index contributed by atoms with van der Waals surface area (Å²) in [5.41, 5.74) is 3.09. The van der Waals surface area contributed by atoms with Gasteiger partial charge in [0.15, 0.2) is 5.13 Å². The van der Waals surface area contributed by atoms with Gasteiger partial charge in [-0.1, -0.05) is 24.3 Å². The van der Waals surface area contributed by atoms with Crippen LogP contribution in [0.15, 0.2) is 35.7 Å². The molecule has 1 aromatic carbocycles. The number of rotatable bonds is 9. The second kappa shape index (κ2) is 11.4. The summed E-state index contributed by atoms with van der Waals surface area (Å²) in [6.45, 7) is 2.44. The van der Waals surface area contributed by atoms with E-state index in [0.717, 1.165) is 19.3 Å². The van der Waals surface area contributed by atoms with Crippen molar-refractivity contribution in [2.45, 2.75) is 45.2 Å². The molecule has 198 valence electrons. The Morgan fingerprint density at radius 3 is 2.68 bits per heavy atom. The zero-order valence-electron chi connectivity index (χ0n) is 21.5. The van der Waals surface area contributed by atoms with Crippen molar-refractivity contribution in [3.8, 4) is 0 Å². The highest BCUT2D eigenvalue weighted by Crippen LogP contribution is 2.34. The maximum atomic E-state index is 13.2. The van der Waals surface area contributed by atoms with Gasteiger partial charge in [0.2, 0.25) is 5.91 Å². The number of fused-ring (bicyclic) bond motifs is 1. The molecule has 0 fully saturated rings. The molecule has 0 bridgehead atoms. The van der Waals surface area contributed by atoms with Gasteiger partial charge in [0.25, 0.3) is 12.3 Å². The maximum absolute atomic E-state index is 13.2. The predicted molar refractivity (Wildman–Crippen MR) is 139 cm³/mol. The molecule has 4 rings (SSSR count). The molecule has 1 aliphatic carbocycles. The summed E-state index contributed by atoms with van der Waals surface area (Å²) in [4.78, 5) is 35.6. The first-order valence-electron chi connectivity index (χ1n) is 12.2. The number of amides is 2. The molecule has 37 heavy (non-hydrogen) atoms. The first kappa shape index (κ1) is 26.7. The van der Waals surface area contributed by atoms with Gasteiger partial charge in [0, 0.05) is 45.3 Å². The van der Waals surface area contributed by atoms with E-state index in [4.69, 9.17) is 0 Å². The monoisotopic (exact) mass is 530 g/mol. The molecule has 0 N–H and O–H groups in total. The Balaban J connectivity index is 1.32. The molecule has 0 saturated heterocycles. The topological polar surface area (TPSA) is 74.6 Å². The lowest BCUT2D eigenvalue weighted by Gasteiger charge is -2.33. The second-order valence-electron chi connectivity index (χ2n) is 9.44. The summed E-state index contributed by atoms with van der Waals surface area (Å²) in [5.74, 6) is -0.340. The number of hydrogen-bond acceptors (Lipinski definition) is 6. The third-order valence-electron chi connectivity index (χ3n) is 6.87. The summed E-state index contributed by atoms with van der Waals surface area (Å²) in [6, 6.07) is 9.62. The number of alkyl halides is 2. The molecular weight excluding hydrogens is 498 g/mol. The Labute approximate surface area is 219 Å². The van der Waals surface area contributed by atoms with E-state index in [1.165, 1.54) is 38.1 Å². The molecule has 0 spiro atoms. The number of halogens is 2. The van der Waals surface area contributed by atoms with Crippen molar-refractivity contribution in [3.63, 3.8) is 0 Å². The van der Waals surface area contributed by atoms with Crippen molar-refractivity contribution in [1.29, 1.82) is 0 Å². The minimum Gasteiger partial charge on any atom is -0.349 e. The Hall–Kier alpha value is -3.34. The largest absolute Gasteiger partial charge is 0.349 e. The van der Waals surface area contributed by atoms with Crippen LogP contribution in [0.5, 0.6) is 0 Å². The minimum absolute atomic E-state index is 0.0372. The second-order valence-corrected chi connectivity index (χ2v) is 10.3. The lowest BCUT2D eigenvalue weighted by molar-refractivity contribution is -0.130. The Kier molecular flexibility index (Phi) is 8.21. The summed E-state index contributed by atoms with van der Waals surface area (Å²) < 4.78 is 27.0. The zero-order chi connectivity index (χ0) is 26.7. The Morgan fingerprint density at radius 1 is 1.19 bits per heavy atom. The lowest BCUT2D eigenvalue weighted by Crippen LogP contribution is -2.37. The third kappa shape index (κ3) is 5.98. The van der Waals surface area contributed by atoms with E-state index in [2.05, 4.69) is 22.2 Å². The van der Waals surface area contributed by atoms with Gasteiger partial charge in [-0.2, -0.15) is 5.10 Å². The van der Waals surface area contributed by atoms with Crippen LogP contribution < -0.4 is 4.90 Å². The molecule has 3 aromatic rings. The highest BCUT2D eigenvalue weighted by Gasteiger charge is 2.28. The van der Waals surface area contributed by atoms with Crippen molar-refractivity contribution in [3.05, 3.63) is 63.9 Å². The van der Waals surface area contributed by atoms with E-state index in [1.54, 1.807) is 24.3 Å². The number of hydrogen-bond donors (Lipinski definition) is 0. The molecule has 8 nitrogen and oxygen atoms in total. The van der Waals surface area contributed by atoms with Crippen LogP contribution in [0.2, 0.25) is 0 Å². The molecule has 0 aliphatic heterocycles. The molecule has 0 radical (unpaired) electrons. The normalized spacial score (nSPS) is 14.9. The molecule has 1 atom stereocenters. The zero-order valence-corrected chi connectivity index (χ0v) is 22.3. The van der Waals surface area contributed by atoms with Crippen molar-refractivity contribution in [1.82, 2.24) is 24.6 Å². The van der Waals surface area contributed by atoms with Crippen LogP contribution in [0.1, 0.15) is 58.3 Å². The van der Waals surface area contributed by atoms with Crippen molar-refractivity contribution < 1.29 is 18.4 Å². The standard InChI is InChI=1S/C26H32F2N6O2S/c1-17-14-20(24(27)28)30-34(17)15-23(35)31(2)12-13-32(3)26-29-21(16-37-26)25(36)33(4)22-11-7-9-18-8-5-6-10-19(18)22/h5-6,8,10,14,16,22,24H,7,9,11-13,15H2,1-4H3/t22-/m1/s1. The van der Waals surface area contributed by atoms with E-state index in [9.17, 15) is 18.4 Å². The minimum atomic E-state index is -2.67. The predicted octanol–water partition coefficient (Wildman–Crippen LogP) is 4.33. The van der Waals surface area contributed by atoms with E-state index >= 15 is 0 Å². The van der Waals surface area contributed by atoms with Crippen molar-refractivity contribution in [2.75, 3.05) is 39.1 Å². The third-order valence-corrected chi connectivity index (χ3v) is 7.82.